The van der Waals surface area contributed by atoms with E-state index in [1.807, 2.05) is 18.2 Å². The molecule has 0 amide bonds. The van der Waals surface area contributed by atoms with Gasteiger partial charge in [0.2, 0.25) is 0 Å². The molecule has 0 aliphatic heterocycles. The number of aliphatic carboxylic acids is 1. The molecule has 0 radical (unpaired) electrons. The molecule has 2 rings (SSSR count). The molecule has 1 saturated carbocycles. The van der Waals surface area contributed by atoms with Gasteiger partial charge in [-0.25, -0.2) is 0 Å². The molecule has 0 saturated heterocycles. The Kier molecular flexibility index (Phi) is 3.28. The Morgan fingerprint density at radius 1 is 1.19 bits per heavy atom. The van der Waals surface area contributed by atoms with Gasteiger partial charge in [-0.2, -0.15) is 0 Å². The van der Waals surface area contributed by atoms with Gasteiger partial charge in [-0.15, -0.1) is 0 Å². The summed E-state index contributed by atoms with van der Waals surface area (Å²) >= 11 is 0. The van der Waals surface area contributed by atoms with Gasteiger partial charge in [0.1, 0.15) is 0 Å². The van der Waals surface area contributed by atoms with E-state index in [1.165, 1.54) is 18.4 Å². The largest absolute Gasteiger partial charge is 0.481 e. The maximum atomic E-state index is 11.0. The fourth-order valence-corrected chi connectivity index (χ4v) is 2.89. The minimum absolute atomic E-state index is 0.0210. The SMILES string of the molecule is O=C(O)CC1(Cc2ccccc2)CCCC1. The highest BCUT2D eigenvalue weighted by Crippen LogP contribution is 2.43. The number of benzene rings is 1. The summed E-state index contributed by atoms with van der Waals surface area (Å²) in [6.07, 6.45) is 5.73. The van der Waals surface area contributed by atoms with Crippen LogP contribution in [0.15, 0.2) is 30.3 Å². The number of carboxylic acid groups (broad SMARTS) is 1. The van der Waals surface area contributed by atoms with Crippen LogP contribution in [0.3, 0.4) is 0 Å². The molecule has 16 heavy (non-hydrogen) atoms. The summed E-state index contributed by atoms with van der Waals surface area (Å²) in [7, 11) is 0. The zero-order valence-corrected chi connectivity index (χ0v) is 9.48. The molecule has 2 nitrogen and oxygen atoms in total. The second-order valence-electron chi connectivity index (χ2n) is 4.94. The molecule has 1 fully saturated rings. The number of rotatable bonds is 4. The van der Waals surface area contributed by atoms with Crippen LogP contribution in [0.1, 0.15) is 37.7 Å². The average molecular weight is 218 g/mol. The first-order chi connectivity index (χ1) is 7.70. The van der Waals surface area contributed by atoms with Crippen LogP contribution in [-0.2, 0) is 11.2 Å². The summed E-state index contributed by atoms with van der Waals surface area (Å²) in [4.78, 5) is 11.0. The Labute approximate surface area is 96.3 Å². The molecule has 1 aromatic rings. The van der Waals surface area contributed by atoms with E-state index in [-0.39, 0.29) is 5.41 Å². The first-order valence-electron chi connectivity index (χ1n) is 5.96. The first-order valence-corrected chi connectivity index (χ1v) is 5.96. The molecule has 0 atom stereocenters. The standard InChI is InChI=1S/C14H18O2/c15-13(16)11-14(8-4-5-9-14)10-12-6-2-1-3-7-12/h1-3,6-7H,4-5,8-11H2,(H,15,16). The lowest BCUT2D eigenvalue weighted by molar-refractivity contribution is -0.139. The van der Waals surface area contributed by atoms with Crippen molar-refractivity contribution >= 4 is 5.97 Å². The zero-order chi connectivity index (χ0) is 11.4. The van der Waals surface area contributed by atoms with E-state index in [0.717, 1.165) is 19.3 Å². The number of carboxylic acids is 1. The molecule has 1 N–H and O–H groups in total. The molecule has 0 heterocycles. The molecule has 86 valence electrons. The third-order valence-electron chi connectivity index (χ3n) is 3.61. The highest BCUT2D eigenvalue weighted by Gasteiger charge is 2.35. The monoisotopic (exact) mass is 218 g/mol. The van der Waals surface area contributed by atoms with E-state index in [1.54, 1.807) is 0 Å². The van der Waals surface area contributed by atoms with Crippen LogP contribution in [0.5, 0.6) is 0 Å². The van der Waals surface area contributed by atoms with E-state index >= 15 is 0 Å². The second-order valence-corrected chi connectivity index (χ2v) is 4.94. The van der Waals surface area contributed by atoms with Crippen molar-refractivity contribution in [2.45, 2.75) is 38.5 Å². The third kappa shape index (κ3) is 2.63. The molecule has 0 bridgehead atoms. The first kappa shape index (κ1) is 11.2. The lowest BCUT2D eigenvalue weighted by atomic mass is 9.77. The fourth-order valence-electron chi connectivity index (χ4n) is 2.89. The molecule has 0 aromatic heterocycles. The highest BCUT2D eigenvalue weighted by atomic mass is 16.4. The van der Waals surface area contributed by atoms with Crippen LogP contribution < -0.4 is 0 Å². The minimum Gasteiger partial charge on any atom is -0.481 e. The normalized spacial score (nSPS) is 18.5. The molecule has 0 unspecified atom stereocenters. The predicted molar refractivity (Wildman–Crippen MR) is 63.3 cm³/mol. The van der Waals surface area contributed by atoms with Crippen molar-refractivity contribution in [2.24, 2.45) is 5.41 Å². The van der Waals surface area contributed by atoms with Crippen molar-refractivity contribution in [3.63, 3.8) is 0 Å². The Bertz CT molecular complexity index is 350. The fraction of sp³-hybridized carbons (Fsp3) is 0.500. The van der Waals surface area contributed by atoms with Crippen LogP contribution in [-0.4, -0.2) is 11.1 Å². The maximum Gasteiger partial charge on any atom is 0.303 e. The Morgan fingerprint density at radius 2 is 1.81 bits per heavy atom. The van der Waals surface area contributed by atoms with Crippen LogP contribution in [0.4, 0.5) is 0 Å². The summed E-state index contributed by atoms with van der Waals surface area (Å²) in [6.45, 7) is 0. The lowest BCUT2D eigenvalue weighted by Crippen LogP contribution is -2.23. The van der Waals surface area contributed by atoms with Crippen molar-refractivity contribution in [1.29, 1.82) is 0 Å². The van der Waals surface area contributed by atoms with Gasteiger partial charge in [-0.3, -0.25) is 4.79 Å². The summed E-state index contributed by atoms with van der Waals surface area (Å²) < 4.78 is 0. The number of hydrogen-bond acceptors (Lipinski definition) is 1. The van der Waals surface area contributed by atoms with Crippen molar-refractivity contribution in [3.8, 4) is 0 Å². The van der Waals surface area contributed by atoms with Crippen LogP contribution in [0.2, 0.25) is 0 Å². The topological polar surface area (TPSA) is 37.3 Å². The summed E-state index contributed by atoms with van der Waals surface area (Å²) in [6, 6.07) is 10.3. The van der Waals surface area contributed by atoms with Gasteiger partial charge in [-0.05, 0) is 30.2 Å². The smallest absolute Gasteiger partial charge is 0.303 e. The number of hydrogen-bond donors (Lipinski definition) is 1. The van der Waals surface area contributed by atoms with Gasteiger partial charge in [0.15, 0.2) is 0 Å². The minimum atomic E-state index is -0.655. The maximum absolute atomic E-state index is 11.0. The summed E-state index contributed by atoms with van der Waals surface area (Å²) in [5.41, 5.74) is 1.29. The number of carbonyl (C=O) groups is 1. The van der Waals surface area contributed by atoms with Crippen molar-refractivity contribution < 1.29 is 9.90 Å². The van der Waals surface area contributed by atoms with Crippen LogP contribution >= 0.6 is 0 Å². The van der Waals surface area contributed by atoms with Crippen LogP contribution in [0.25, 0.3) is 0 Å². The van der Waals surface area contributed by atoms with E-state index < -0.39 is 5.97 Å². The average Bonchev–Trinajstić information content (AvgIpc) is 2.66. The van der Waals surface area contributed by atoms with Gasteiger partial charge < -0.3 is 5.11 Å². The van der Waals surface area contributed by atoms with E-state index in [0.29, 0.717) is 6.42 Å². The Balaban J connectivity index is 2.11. The molecular formula is C14H18O2. The van der Waals surface area contributed by atoms with Crippen molar-refractivity contribution in [1.82, 2.24) is 0 Å². The Morgan fingerprint density at radius 3 is 2.38 bits per heavy atom. The summed E-state index contributed by atoms with van der Waals surface area (Å²) in [5, 5.41) is 9.02. The molecular weight excluding hydrogens is 200 g/mol. The zero-order valence-electron chi connectivity index (χ0n) is 9.48. The Hall–Kier alpha value is -1.31. The van der Waals surface area contributed by atoms with Gasteiger partial charge in [-0.1, -0.05) is 43.2 Å². The van der Waals surface area contributed by atoms with Crippen LogP contribution in [0, 0.1) is 5.41 Å². The lowest BCUT2D eigenvalue weighted by Gasteiger charge is -2.27. The van der Waals surface area contributed by atoms with E-state index in [2.05, 4.69) is 12.1 Å². The third-order valence-corrected chi connectivity index (χ3v) is 3.61. The van der Waals surface area contributed by atoms with E-state index in [9.17, 15) is 4.79 Å². The summed E-state index contributed by atoms with van der Waals surface area (Å²) in [5.74, 6) is -0.655. The van der Waals surface area contributed by atoms with Gasteiger partial charge in [0.25, 0.3) is 0 Å². The van der Waals surface area contributed by atoms with E-state index in [4.69, 9.17) is 5.11 Å². The molecule has 1 aliphatic carbocycles. The van der Waals surface area contributed by atoms with Crippen molar-refractivity contribution in [3.05, 3.63) is 35.9 Å². The highest BCUT2D eigenvalue weighted by molar-refractivity contribution is 5.67. The second kappa shape index (κ2) is 4.69. The predicted octanol–water partition coefficient (Wildman–Crippen LogP) is 3.26. The quantitative estimate of drug-likeness (QED) is 0.842. The molecule has 1 aromatic carbocycles. The van der Waals surface area contributed by atoms with Gasteiger partial charge >= 0.3 is 5.97 Å². The molecule has 2 heteroatoms. The van der Waals surface area contributed by atoms with Crippen molar-refractivity contribution in [2.75, 3.05) is 0 Å². The molecule has 1 aliphatic rings. The molecule has 0 spiro atoms. The van der Waals surface area contributed by atoms with Gasteiger partial charge in [0.05, 0.1) is 6.42 Å². The van der Waals surface area contributed by atoms with Gasteiger partial charge in [0, 0.05) is 0 Å².